The van der Waals surface area contributed by atoms with E-state index in [0.717, 1.165) is 6.04 Å². The summed E-state index contributed by atoms with van der Waals surface area (Å²) in [6.07, 6.45) is 8.13. The fraction of sp³-hybridized carbons (Fsp3) is 1.00. The first kappa shape index (κ1) is 13.0. The minimum Gasteiger partial charge on any atom is -0.315 e. The van der Waals surface area contributed by atoms with Crippen LogP contribution in [0, 0.1) is 0 Å². The van der Waals surface area contributed by atoms with Crippen LogP contribution in [-0.4, -0.2) is 37.1 Å². The van der Waals surface area contributed by atoms with Crippen LogP contribution in [0.1, 0.15) is 52.4 Å². The number of nitrogens with zero attached hydrogens (tertiary/aromatic N) is 1. The minimum absolute atomic E-state index is 0.817. The zero-order chi connectivity index (χ0) is 10.9. The molecule has 2 nitrogen and oxygen atoms in total. The molecule has 1 aliphatic heterocycles. The van der Waals surface area contributed by atoms with Gasteiger partial charge in [-0.25, -0.2) is 0 Å². The van der Waals surface area contributed by atoms with Crippen molar-refractivity contribution >= 4 is 0 Å². The van der Waals surface area contributed by atoms with Gasteiger partial charge in [0.05, 0.1) is 0 Å². The summed E-state index contributed by atoms with van der Waals surface area (Å²) < 4.78 is 0. The lowest BCUT2D eigenvalue weighted by Gasteiger charge is -2.34. The molecule has 1 aliphatic rings. The molecule has 0 bridgehead atoms. The van der Waals surface area contributed by atoms with Gasteiger partial charge in [0.2, 0.25) is 0 Å². The van der Waals surface area contributed by atoms with Gasteiger partial charge in [-0.05, 0) is 45.3 Å². The molecule has 0 aromatic carbocycles. The Kier molecular flexibility index (Phi) is 7.03. The molecule has 1 rings (SSSR count). The van der Waals surface area contributed by atoms with E-state index in [1.54, 1.807) is 0 Å². The topological polar surface area (TPSA) is 15.3 Å². The number of hydrogen-bond acceptors (Lipinski definition) is 2. The Hall–Kier alpha value is -0.0800. The maximum absolute atomic E-state index is 3.53. The van der Waals surface area contributed by atoms with E-state index >= 15 is 0 Å². The van der Waals surface area contributed by atoms with Gasteiger partial charge in [0.1, 0.15) is 0 Å². The third-order valence-electron chi connectivity index (χ3n) is 3.39. The highest BCUT2D eigenvalue weighted by Crippen LogP contribution is 2.12. The van der Waals surface area contributed by atoms with Gasteiger partial charge in [-0.15, -0.1) is 0 Å². The molecule has 1 fully saturated rings. The lowest BCUT2D eigenvalue weighted by Crippen LogP contribution is -2.46. The molecule has 0 aromatic rings. The van der Waals surface area contributed by atoms with Crippen LogP contribution < -0.4 is 5.32 Å². The smallest absolute Gasteiger partial charge is 0.0221 e. The number of unbranched alkanes of at least 4 members (excludes halogenated alkanes) is 2. The van der Waals surface area contributed by atoms with Crippen molar-refractivity contribution in [2.45, 2.75) is 58.4 Å². The Balaban J connectivity index is 2.30. The van der Waals surface area contributed by atoms with E-state index in [0.29, 0.717) is 0 Å². The average Bonchev–Trinajstić information content (AvgIpc) is 2.30. The van der Waals surface area contributed by atoms with Gasteiger partial charge >= 0.3 is 0 Å². The third-order valence-corrected chi connectivity index (χ3v) is 3.39. The normalized spacial score (nSPS) is 22.2. The van der Waals surface area contributed by atoms with E-state index in [-0.39, 0.29) is 0 Å². The number of hydrogen-bond donors (Lipinski definition) is 1. The second-order valence-corrected chi connectivity index (χ2v) is 4.74. The first-order valence-corrected chi connectivity index (χ1v) is 6.83. The molecule has 1 saturated heterocycles. The van der Waals surface area contributed by atoms with E-state index in [1.165, 1.54) is 64.7 Å². The largest absolute Gasteiger partial charge is 0.315 e. The Morgan fingerprint density at radius 3 is 2.27 bits per heavy atom. The first-order valence-electron chi connectivity index (χ1n) is 6.83. The van der Waals surface area contributed by atoms with Crippen molar-refractivity contribution in [3.05, 3.63) is 0 Å². The summed E-state index contributed by atoms with van der Waals surface area (Å²) in [7, 11) is 0. The van der Waals surface area contributed by atoms with Crippen LogP contribution in [-0.2, 0) is 0 Å². The van der Waals surface area contributed by atoms with Crippen molar-refractivity contribution < 1.29 is 0 Å². The average molecular weight is 212 g/mol. The predicted octanol–water partition coefficient (Wildman–Crippen LogP) is 2.64. The van der Waals surface area contributed by atoms with Gasteiger partial charge in [-0.1, -0.05) is 26.7 Å². The Morgan fingerprint density at radius 1 is 1.13 bits per heavy atom. The lowest BCUT2D eigenvalue weighted by atomic mass is 10.0. The van der Waals surface area contributed by atoms with Gasteiger partial charge in [0.25, 0.3) is 0 Å². The van der Waals surface area contributed by atoms with Gasteiger partial charge in [0, 0.05) is 12.6 Å². The molecule has 0 radical (unpaired) electrons. The van der Waals surface area contributed by atoms with Crippen LogP contribution in [0.3, 0.4) is 0 Å². The molecule has 1 heterocycles. The van der Waals surface area contributed by atoms with Gasteiger partial charge in [-0.2, -0.15) is 0 Å². The van der Waals surface area contributed by atoms with E-state index in [2.05, 4.69) is 24.1 Å². The fourth-order valence-corrected chi connectivity index (χ4v) is 2.34. The standard InChI is InChI=1S/C13H28N2/c1-3-5-10-15(11-6-4-2)13-8-7-9-14-12-13/h13-14H,3-12H2,1-2H3. The van der Waals surface area contributed by atoms with Crippen LogP contribution in [0.25, 0.3) is 0 Å². The second-order valence-electron chi connectivity index (χ2n) is 4.74. The molecule has 0 saturated carbocycles. The van der Waals surface area contributed by atoms with E-state index in [1.807, 2.05) is 0 Å². The summed E-state index contributed by atoms with van der Waals surface area (Å²) in [6.45, 7) is 9.64. The van der Waals surface area contributed by atoms with E-state index < -0.39 is 0 Å². The third kappa shape index (κ3) is 4.98. The van der Waals surface area contributed by atoms with Crippen molar-refractivity contribution in [2.24, 2.45) is 0 Å². The molecule has 0 spiro atoms. The molecule has 1 atom stereocenters. The Morgan fingerprint density at radius 2 is 1.80 bits per heavy atom. The molecule has 2 heteroatoms. The van der Waals surface area contributed by atoms with Gasteiger partial charge in [-0.3, -0.25) is 4.90 Å². The van der Waals surface area contributed by atoms with Crippen LogP contribution in [0.5, 0.6) is 0 Å². The molecule has 1 N–H and O–H groups in total. The van der Waals surface area contributed by atoms with Crippen LogP contribution in [0.2, 0.25) is 0 Å². The summed E-state index contributed by atoms with van der Waals surface area (Å²) in [5.41, 5.74) is 0. The van der Waals surface area contributed by atoms with Crippen LogP contribution >= 0.6 is 0 Å². The molecular weight excluding hydrogens is 184 g/mol. The number of piperidine rings is 1. The van der Waals surface area contributed by atoms with Crippen molar-refractivity contribution in [2.75, 3.05) is 26.2 Å². The summed E-state index contributed by atoms with van der Waals surface area (Å²) in [5, 5.41) is 3.53. The minimum atomic E-state index is 0.817. The van der Waals surface area contributed by atoms with Gasteiger partial charge < -0.3 is 5.32 Å². The first-order chi connectivity index (χ1) is 7.38. The number of rotatable bonds is 7. The summed E-state index contributed by atoms with van der Waals surface area (Å²) >= 11 is 0. The molecule has 0 aromatic heterocycles. The van der Waals surface area contributed by atoms with Crippen molar-refractivity contribution in [1.82, 2.24) is 10.2 Å². The fourth-order valence-electron chi connectivity index (χ4n) is 2.34. The highest BCUT2D eigenvalue weighted by atomic mass is 15.2. The highest BCUT2D eigenvalue weighted by Gasteiger charge is 2.19. The number of nitrogens with one attached hydrogen (secondary N) is 1. The quantitative estimate of drug-likeness (QED) is 0.698. The van der Waals surface area contributed by atoms with Gasteiger partial charge in [0.15, 0.2) is 0 Å². The Labute approximate surface area is 95.4 Å². The molecular formula is C13H28N2. The summed E-state index contributed by atoms with van der Waals surface area (Å²) in [4.78, 5) is 2.72. The zero-order valence-corrected chi connectivity index (χ0v) is 10.6. The van der Waals surface area contributed by atoms with Crippen molar-refractivity contribution in [3.63, 3.8) is 0 Å². The Bertz CT molecular complexity index is 133. The predicted molar refractivity (Wildman–Crippen MR) is 67.3 cm³/mol. The van der Waals surface area contributed by atoms with Crippen LogP contribution in [0.4, 0.5) is 0 Å². The highest BCUT2D eigenvalue weighted by molar-refractivity contribution is 4.78. The molecule has 0 amide bonds. The zero-order valence-electron chi connectivity index (χ0n) is 10.6. The van der Waals surface area contributed by atoms with Crippen LogP contribution in [0.15, 0.2) is 0 Å². The molecule has 0 aliphatic carbocycles. The summed E-state index contributed by atoms with van der Waals surface area (Å²) in [5.74, 6) is 0. The van der Waals surface area contributed by atoms with E-state index in [4.69, 9.17) is 0 Å². The molecule has 15 heavy (non-hydrogen) atoms. The summed E-state index contributed by atoms with van der Waals surface area (Å²) in [6, 6.07) is 0.817. The molecule has 1 unspecified atom stereocenters. The van der Waals surface area contributed by atoms with Crippen molar-refractivity contribution in [3.8, 4) is 0 Å². The van der Waals surface area contributed by atoms with Crippen molar-refractivity contribution in [1.29, 1.82) is 0 Å². The lowest BCUT2D eigenvalue weighted by molar-refractivity contribution is 0.161. The molecule has 90 valence electrons. The maximum atomic E-state index is 3.53. The van der Waals surface area contributed by atoms with E-state index in [9.17, 15) is 0 Å². The second kappa shape index (κ2) is 8.12. The SMILES string of the molecule is CCCCN(CCCC)C1CCCNC1. The maximum Gasteiger partial charge on any atom is 0.0221 e. The monoisotopic (exact) mass is 212 g/mol.